The fourth-order valence-electron chi connectivity index (χ4n) is 3.91. The Kier molecular flexibility index (Phi) is 6.04. The van der Waals surface area contributed by atoms with Crippen molar-refractivity contribution in [3.05, 3.63) is 66.1 Å². The predicted molar refractivity (Wildman–Crippen MR) is 116 cm³/mol. The van der Waals surface area contributed by atoms with Crippen LogP contribution in [0.25, 0.3) is 10.8 Å². The maximum Gasteiger partial charge on any atom is 0.315 e. The summed E-state index contributed by atoms with van der Waals surface area (Å²) in [4.78, 5) is 22.8. The number of hydrogen-bond acceptors (Lipinski definition) is 5. The van der Waals surface area contributed by atoms with E-state index in [1.807, 2.05) is 24.3 Å². The van der Waals surface area contributed by atoms with Gasteiger partial charge in [-0.3, -0.25) is 0 Å². The fraction of sp³-hybridized carbons (Fsp3) is 0.304. The van der Waals surface area contributed by atoms with Crippen molar-refractivity contribution in [2.45, 2.75) is 19.4 Å². The first kappa shape index (κ1) is 19.6. The SMILES string of the molecule is N#Cc1nccnc1N1CCC(CNC(=O)NCc2cccc3ccccc23)CC1. The highest BCUT2D eigenvalue weighted by Crippen LogP contribution is 2.23. The third-order valence-corrected chi connectivity index (χ3v) is 5.57. The van der Waals surface area contributed by atoms with Crippen molar-refractivity contribution in [3.8, 4) is 6.07 Å². The number of anilines is 1. The van der Waals surface area contributed by atoms with Crippen molar-refractivity contribution in [2.75, 3.05) is 24.5 Å². The number of hydrogen-bond donors (Lipinski definition) is 2. The smallest absolute Gasteiger partial charge is 0.315 e. The average Bonchev–Trinajstić information content (AvgIpc) is 2.81. The summed E-state index contributed by atoms with van der Waals surface area (Å²) in [6.45, 7) is 2.74. The molecular formula is C23H24N6O. The van der Waals surface area contributed by atoms with Crippen LogP contribution in [0.5, 0.6) is 0 Å². The molecule has 30 heavy (non-hydrogen) atoms. The van der Waals surface area contributed by atoms with Crippen LogP contribution >= 0.6 is 0 Å². The lowest BCUT2D eigenvalue weighted by molar-refractivity contribution is 0.237. The molecule has 0 unspecified atom stereocenters. The first-order valence-corrected chi connectivity index (χ1v) is 10.2. The van der Waals surface area contributed by atoms with E-state index in [4.69, 9.17) is 0 Å². The van der Waals surface area contributed by atoms with Crippen molar-refractivity contribution in [2.24, 2.45) is 5.92 Å². The summed E-state index contributed by atoms with van der Waals surface area (Å²) in [7, 11) is 0. The zero-order valence-corrected chi connectivity index (χ0v) is 16.7. The van der Waals surface area contributed by atoms with Crippen LogP contribution < -0.4 is 15.5 Å². The fourth-order valence-corrected chi connectivity index (χ4v) is 3.91. The molecule has 0 bridgehead atoms. The maximum absolute atomic E-state index is 12.3. The number of nitrogens with one attached hydrogen (secondary N) is 2. The molecule has 0 saturated carbocycles. The number of piperidine rings is 1. The molecule has 7 nitrogen and oxygen atoms in total. The van der Waals surface area contributed by atoms with Gasteiger partial charge in [0, 0.05) is 38.6 Å². The van der Waals surface area contributed by atoms with Crippen molar-refractivity contribution in [3.63, 3.8) is 0 Å². The van der Waals surface area contributed by atoms with Crippen LogP contribution in [-0.2, 0) is 6.54 Å². The summed E-state index contributed by atoms with van der Waals surface area (Å²) in [6, 6.07) is 16.3. The van der Waals surface area contributed by atoms with Gasteiger partial charge in [0.2, 0.25) is 0 Å². The molecule has 1 aliphatic rings. The molecule has 4 rings (SSSR count). The number of carbonyl (C=O) groups excluding carboxylic acids is 1. The lowest BCUT2D eigenvalue weighted by atomic mass is 9.97. The molecule has 7 heteroatoms. The molecular weight excluding hydrogens is 376 g/mol. The number of nitriles is 1. The molecule has 1 aromatic heterocycles. The van der Waals surface area contributed by atoms with E-state index in [0.717, 1.165) is 36.9 Å². The zero-order valence-electron chi connectivity index (χ0n) is 16.7. The van der Waals surface area contributed by atoms with Crippen LogP contribution in [0.15, 0.2) is 54.9 Å². The molecule has 0 aliphatic carbocycles. The van der Waals surface area contributed by atoms with Crippen LogP contribution in [-0.4, -0.2) is 35.6 Å². The highest BCUT2D eigenvalue weighted by molar-refractivity contribution is 5.86. The van der Waals surface area contributed by atoms with E-state index < -0.39 is 0 Å². The quantitative estimate of drug-likeness (QED) is 0.686. The second-order valence-electron chi connectivity index (χ2n) is 7.47. The van der Waals surface area contributed by atoms with Gasteiger partial charge in [0.25, 0.3) is 0 Å². The Morgan fingerprint density at radius 1 is 1.07 bits per heavy atom. The summed E-state index contributed by atoms with van der Waals surface area (Å²) in [5.41, 5.74) is 1.47. The molecule has 3 aromatic rings. The van der Waals surface area contributed by atoms with E-state index in [-0.39, 0.29) is 6.03 Å². The van der Waals surface area contributed by atoms with Gasteiger partial charge in [-0.15, -0.1) is 0 Å². The van der Waals surface area contributed by atoms with Gasteiger partial charge in [-0.1, -0.05) is 42.5 Å². The van der Waals surface area contributed by atoms with Gasteiger partial charge >= 0.3 is 6.03 Å². The van der Waals surface area contributed by atoms with Crippen molar-refractivity contribution < 1.29 is 4.79 Å². The van der Waals surface area contributed by atoms with Gasteiger partial charge in [-0.2, -0.15) is 5.26 Å². The average molecular weight is 400 g/mol. The van der Waals surface area contributed by atoms with Gasteiger partial charge in [0.1, 0.15) is 6.07 Å². The number of amides is 2. The number of carbonyl (C=O) groups is 1. The summed E-state index contributed by atoms with van der Waals surface area (Å²) >= 11 is 0. The van der Waals surface area contributed by atoms with Crippen LogP contribution in [0.2, 0.25) is 0 Å². The summed E-state index contributed by atoms with van der Waals surface area (Å²) in [6.07, 6.45) is 5.02. The van der Waals surface area contributed by atoms with Gasteiger partial charge < -0.3 is 15.5 Å². The number of fused-ring (bicyclic) bond motifs is 1. The molecule has 0 atom stereocenters. The monoisotopic (exact) mass is 400 g/mol. The third-order valence-electron chi connectivity index (χ3n) is 5.57. The molecule has 1 aliphatic heterocycles. The van der Waals surface area contributed by atoms with Gasteiger partial charge in [-0.05, 0) is 35.1 Å². The van der Waals surface area contributed by atoms with Crippen LogP contribution in [0.4, 0.5) is 10.6 Å². The minimum Gasteiger partial charge on any atom is -0.354 e. The first-order chi connectivity index (χ1) is 14.7. The third kappa shape index (κ3) is 4.49. The van der Waals surface area contributed by atoms with E-state index in [0.29, 0.717) is 30.5 Å². The van der Waals surface area contributed by atoms with E-state index in [1.54, 1.807) is 6.20 Å². The van der Waals surface area contributed by atoms with E-state index in [9.17, 15) is 10.1 Å². The second-order valence-corrected chi connectivity index (χ2v) is 7.47. The Hall–Kier alpha value is -3.66. The molecule has 1 fully saturated rings. The molecule has 2 aromatic carbocycles. The summed E-state index contributed by atoms with van der Waals surface area (Å²) < 4.78 is 0. The maximum atomic E-state index is 12.3. The normalized spacial score (nSPS) is 14.3. The molecule has 2 N–H and O–H groups in total. The van der Waals surface area contributed by atoms with E-state index in [1.165, 1.54) is 11.6 Å². The topological polar surface area (TPSA) is 93.9 Å². The Labute approximate surface area is 175 Å². The standard InChI is InChI=1S/C23H24N6O/c24-14-21-22(26-11-10-25-21)29-12-8-17(9-13-29)15-27-23(30)28-16-19-6-3-5-18-4-1-2-7-20(18)19/h1-7,10-11,17H,8-9,12-13,15-16H2,(H2,27,28,30). The molecule has 2 amide bonds. The number of nitrogens with zero attached hydrogens (tertiary/aromatic N) is 4. The Morgan fingerprint density at radius 3 is 2.67 bits per heavy atom. The van der Waals surface area contributed by atoms with Crippen molar-refractivity contribution >= 4 is 22.6 Å². The Bertz CT molecular complexity index is 1060. The number of rotatable bonds is 5. The van der Waals surface area contributed by atoms with E-state index in [2.05, 4.69) is 49.8 Å². The minimum atomic E-state index is -0.147. The minimum absolute atomic E-state index is 0.147. The van der Waals surface area contributed by atoms with E-state index >= 15 is 0 Å². The predicted octanol–water partition coefficient (Wildman–Crippen LogP) is 3.22. The second kappa shape index (κ2) is 9.23. The van der Waals surface area contributed by atoms with Crippen molar-refractivity contribution in [1.82, 2.24) is 20.6 Å². The zero-order chi connectivity index (χ0) is 20.8. The summed E-state index contributed by atoms with van der Waals surface area (Å²) in [5.74, 6) is 1.06. The lowest BCUT2D eigenvalue weighted by Gasteiger charge is -2.32. The van der Waals surface area contributed by atoms with Gasteiger partial charge in [-0.25, -0.2) is 14.8 Å². The van der Waals surface area contributed by atoms with Crippen molar-refractivity contribution in [1.29, 1.82) is 5.26 Å². The molecule has 0 spiro atoms. The molecule has 152 valence electrons. The highest BCUT2D eigenvalue weighted by atomic mass is 16.2. The van der Waals surface area contributed by atoms with Crippen LogP contribution in [0.3, 0.4) is 0 Å². The lowest BCUT2D eigenvalue weighted by Crippen LogP contribution is -2.42. The largest absolute Gasteiger partial charge is 0.354 e. The summed E-state index contributed by atoms with van der Waals surface area (Å²) in [5, 5.41) is 17.5. The van der Waals surface area contributed by atoms with Gasteiger partial charge in [0.15, 0.2) is 11.5 Å². The number of urea groups is 1. The highest BCUT2D eigenvalue weighted by Gasteiger charge is 2.22. The number of benzene rings is 2. The van der Waals surface area contributed by atoms with Gasteiger partial charge in [0.05, 0.1) is 0 Å². The number of aromatic nitrogens is 2. The van der Waals surface area contributed by atoms with Crippen LogP contribution in [0, 0.1) is 17.2 Å². The Morgan fingerprint density at radius 2 is 1.83 bits per heavy atom. The Balaban J connectivity index is 1.24. The first-order valence-electron chi connectivity index (χ1n) is 10.2. The molecule has 2 heterocycles. The van der Waals surface area contributed by atoms with Crippen LogP contribution in [0.1, 0.15) is 24.1 Å². The molecule has 1 saturated heterocycles. The molecule has 0 radical (unpaired) electrons.